The van der Waals surface area contributed by atoms with Crippen molar-refractivity contribution in [3.63, 3.8) is 0 Å². The molecule has 1 aromatic carbocycles. The zero-order chi connectivity index (χ0) is 30.1. The third-order valence-corrected chi connectivity index (χ3v) is 5.90. The first-order chi connectivity index (χ1) is 19.0. The summed E-state index contributed by atoms with van der Waals surface area (Å²) in [5, 5.41) is 3.02. The average Bonchev–Trinajstić information content (AvgIpc) is 2.90. The Labute approximate surface area is 237 Å². The second-order valence-corrected chi connectivity index (χ2v) is 10.3. The maximum absolute atomic E-state index is 12.4. The third-order valence-electron chi connectivity index (χ3n) is 5.90. The van der Waals surface area contributed by atoms with E-state index in [9.17, 15) is 19.2 Å². The molecule has 1 rings (SSSR count). The Morgan fingerprint density at radius 3 is 1.88 bits per heavy atom. The lowest BCUT2D eigenvalue weighted by Gasteiger charge is -2.18. The lowest BCUT2D eigenvalue weighted by atomic mass is 10.1. The zero-order valence-corrected chi connectivity index (χ0v) is 24.8. The fourth-order valence-electron chi connectivity index (χ4n) is 3.15. The lowest BCUT2D eigenvalue weighted by molar-refractivity contribution is -0.148. The van der Waals surface area contributed by atoms with Crippen LogP contribution in [-0.2, 0) is 35.0 Å². The average molecular weight is 568 g/mol. The van der Waals surface area contributed by atoms with Crippen LogP contribution in [0, 0.1) is 17.8 Å². The zero-order valence-electron chi connectivity index (χ0n) is 24.8. The summed E-state index contributed by atoms with van der Waals surface area (Å²) in [7, 11) is 1.27. The molecule has 0 aliphatic heterocycles. The molecule has 1 unspecified atom stereocenters. The van der Waals surface area contributed by atoms with Crippen molar-refractivity contribution in [3.05, 3.63) is 23.8 Å². The molecule has 0 aliphatic rings. The predicted molar refractivity (Wildman–Crippen MR) is 147 cm³/mol. The first-order valence-corrected chi connectivity index (χ1v) is 13.8. The second kappa shape index (κ2) is 18.9. The molecule has 1 N–H and O–H groups in total. The number of rotatable bonds is 17. The number of hydrogen-bond acceptors (Lipinski definition) is 11. The van der Waals surface area contributed by atoms with E-state index >= 15 is 0 Å². The van der Waals surface area contributed by atoms with Crippen molar-refractivity contribution in [1.82, 2.24) is 5.32 Å². The molecule has 0 bridgehead atoms. The van der Waals surface area contributed by atoms with E-state index in [0.29, 0.717) is 36.7 Å². The molecular weight excluding hydrogens is 522 g/mol. The van der Waals surface area contributed by atoms with Crippen molar-refractivity contribution >= 4 is 24.2 Å². The van der Waals surface area contributed by atoms with Gasteiger partial charge in [-0.15, -0.1) is 0 Å². The number of hydrogen-bond donors (Lipinski definition) is 1. The van der Waals surface area contributed by atoms with Crippen LogP contribution in [0.4, 0.5) is 9.59 Å². The van der Waals surface area contributed by atoms with Crippen LogP contribution in [0.2, 0.25) is 0 Å². The molecule has 0 saturated carbocycles. The van der Waals surface area contributed by atoms with Gasteiger partial charge in [-0.05, 0) is 55.2 Å². The molecule has 1 aromatic rings. The SMILES string of the molecule is CCC(C)C(=O)OCCN[C@@H](Cc1ccc(OC(=O)OCCC(C)C)c(OC(=O)OCCC(C)C)c1)C(=O)OC. The van der Waals surface area contributed by atoms with Crippen molar-refractivity contribution in [3.8, 4) is 11.5 Å². The molecule has 0 fully saturated rings. The van der Waals surface area contributed by atoms with Crippen LogP contribution in [0.25, 0.3) is 0 Å². The molecule has 0 heterocycles. The van der Waals surface area contributed by atoms with E-state index in [1.165, 1.54) is 19.2 Å². The predicted octanol–water partition coefficient (Wildman–Crippen LogP) is 5.07. The maximum Gasteiger partial charge on any atom is 0.513 e. The number of nitrogens with one attached hydrogen (secondary N) is 1. The highest BCUT2D eigenvalue weighted by molar-refractivity contribution is 5.76. The van der Waals surface area contributed by atoms with Gasteiger partial charge in [-0.1, -0.05) is 47.6 Å². The highest BCUT2D eigenvalue weighted by Crippen LogP contribution is 2.30. The van der Waals surface area contributed by atoms with Gasteiger partial charge in [-0.3, -0.25) is 9.59 Å². The van der Waals surface area contributed by atoms with Gasteiger partial charge in [0.1, 0.15) is 12.6 Å². The van der Waals surface area contributed by atoms with Gasteiger partial charge in [0.25, 0.3) is 0 Å². The molecule has 0 saturated heterocycles. The molecule has 2 atom stereocenters. The highest BCUT2D eigenvalue weighted by Gasteiger charge is 2.22. The van der Waals surface area contributed by atoms with E-state index in [2.05, 4.69) is 5.32 Å². The molecule has 0 aromatic heterocycles. The molecule has 226 valence electrons. The topological polar surface area (TPSA) is 136 Å². The summed E-state index contributed by atoms with van der Waals surface area (Å²) in [6.07, 6.45) is 0.235. The fraction of sp³-hybridized carbons (Fsp3) is 0.655. The lowest BCUT2D eigenvalue weighted by Crippen LogP contribution is -2.41. The number of carbonyl (C=O) groups excluding carboxylic acids is 4. The Morgan fingerprint density at radius 1 is 0.775 bits per heavy atom. The monoisotopic (exact) mass is 567 g/mol. The smallest absolute Gasteiger partial charge is 0.468 e. The molecule has 0 spiro atoms. The van der Waals surface area contributed by atoms with Crippen LogP contribution in [0.15, 0.2) is 18.2 Å². The van der Waals surface area contributed by atoms with Crippen molar-refractivity contribution in [2.75, 3.05) is 33.5 Å². The molecule has 0 amide bonds. The van der Waals surface area contributed by atoms with Crippen LogP contribution in [-0.4, -0.2) is 63.8 Å². The third kappa shape index (κ3) is 14.2. The van der Waals surface area contributed by atoms with Crippen molar-refractivity contribution in [2.24, 2.45) is 17.8 Å². The quantitative estimate of drug-likeness (QED) is 0.117. The Bertz CT molecular complexity index is 947. The van der Waals surface area contributed by atoms with Gasteiger partial charge in [0.2, 0.25) is 0 Å². The minimum Gasteiger partial charge on any atom is -0.468 e. The van der Waals surface area contributed by atoms with Gasteiger partial charge in [0.05, 0.1) is 26.2 Å². The Morgan fingerprint density at radius 2 is 1.35 bits per heavy atom. The number of ether oxygens (including phenoxy) is 6. The summed E-state index contributed by atoms with van der Waals surface area (Å²) >= 11 is 0. The molecule has 0 aliphatic carbocycles. The van der Waals surface area contributed by atoms with Crippen LogP contribution < -0.4 is 14.8 Å². The second-order valence-electron chi connectivity index (χ2n) is 10.3. The number of carbonyl (C=O) groups is 4. The van der Waals surface area contributed by atoms with E-state index in [-0.39, 0.29) is 56.2 Å². The van der Waals surface area contributed by atoms with Gasteiger partial charge >= 0.3 is 24.2 Å². The number of esters is 2. The highest BCUT2D eigenvalue weighted by atomic mass is 16.7. The van der Waals surface area contributed by atoms with Crippen molar-refractivity contribution < 1.29 is 47.6 Å². The summed E-state index contributed by atoms with van der Waals surface area (Å²) < 4.78 is 31.0. The Balaban J connectivity index is 2.99. The minimum atomic E-state index is -0.957. The van der Waals surface area contributed by atoms with Gasteiger partial charge in [-0.25, -0.2) is 9.59 Å². The number of methoxy groups -OCH3 is 1. The van der Waals surface area contributed by atoms with Crippen LogP contribution in [0.1, 0.15) is 66.4 Å². The van der Waals surface area contributed by atoms with Crippen LogP contribution >= 0.6 is 0 Å². The summed E-state index contributed by atoms with van der Waals surface area (Å²) in [5.74, 6) is -0.484. The standard InChI is InChI=1S/C29H45NO10/c1-8-21(6)26(31)36-16-13-30-23(27(32)35-7)17-22-9-10-24(39-28(33)37-14-11-19(2)3)25(18-22)40-29(34)38-15-12-20(4)5/h9-10,18-21,23,30H,8,11-17H2,1-7H3/t21?,23-/m0/s1. The summed E-state index contributed by atoms with van der Waals surface area (Å²) in [4.78, 5) is 48.8. The molecular formula is C29H45NO10. The molecule has 11 nitrogen and oxygen atoms in total. The maximum atomic E-state index is 12.4. The van der Waals surface area contributed by atoms with Gasteiger partial charge in [0, 0.05) is 6.54 Å². The minimum absolute atomic E-state index is 0.0429. The van der Waals surface area contributed by atoms with E-state index in [4.69, 9.17) is 28.4 Å². The first kappa shape index (κ1) is 34.7. The molecule has 0 radical (unpaired) electrons. The Hall–Kier alpha value is -3.34. The van der Waals surface area contributed by atoms with Crippen LogP contribution in [0.3, 0.4) is 0 Å². The van der Waals surface area contributed by atoms with Crippen molar-refractivity contribution in [2.45, 2.75) is 73.3 Å². The van der Waals surface area contributed by atoms with Crippen molar-refractivity contribution in [1.29, 1.82) is 0 Å². The first-order valence-electron chi connectivity index (χ1n) is 13.8. The van der Waals surface area contributed by atoms with E-state index in [0.717, 1.165) is 0 Å². The fourth-order valence-corrected chi connectivity index (χ4v) is 3.15. The van der Waals surface area contributed by atoms with Gasteiger partial charge in [0.15, 0.2) is 11.5 Å². The Kier molecular flexibility index (Phi) is 16.4. The van der Waals surface area contributed by atoms with E-state index < -0.39 is 24.3 Å². The van der Waals surface area contributed by atoms with E-state index in [1.54, 1.807) is 13.0 Å². The summed E-state index contributed by atoms with van der Waals surface area (Å²) in [6.45, 7) is 12.3. The summed E-state index contributed by atoms with van der Waals surface area (Å²) in [6, 6.07) is 3.75. The normalized spacial score (nSPS) is 12.4. The summed E-state index contributed by atoms with van der Waals surface area (Å²) in [5.41, 5.74) is 0.574. The van der Waals surface area contributed by atoms with Crippen LogP contribution in [0.5, 0.6) is 11.5 Å². The largest absolute Gasteiger partial charge is 0.513 e. The number of benzene rings is 1. The molecule has 40 heavy (non-hydrogen) atoms. The van der Waals surface area contributed by atoms with Gasteiger partial charge in [-0.2, -0.15) is 0 Å². The van der Waals surface area contributed by atoms with E-state index in [1.807, 2.05) is 34.6 Å². The van der Waals surface area contributed by atoms with Gasteiger partial charge < -0.3 is 33.7 Å². The molecule has 11 heteroatoms.